The van der Waals surface area contributed by atoms with E-state index in [0.717, 1.165) is 35.8 Å². The number of carbonyl (C=O) groups is 1. The number of halogens is 2. The van der Waals surface area contributed by atoms with E-state index >= 15 is 0 Å². The van der Waals surface area contributed by atoms with Crippen molar-refractivity contribution in [2.45, 2.75) is 45.1 Å². The van der Waals surface area contributed by atoms with Crippen molar-refractivity contribution in [2.75, 3.05) is 12.4 Å². The predicted molar refractivity (Wildman–Crippen MR) is 89.8 cm³/mol. The van der Waals surface area contributed by atoms with Crippen molar-refractivity contribution in [2.24, 2.45) is 5.41 Å². The van der Waals surface area contributed by atoms with Gasteiger partial charge in [0.15, 0.2) is 0 Å². The highest BCUT2D eigenvalue weighted by Gasteiger charge is 2.53. The zero-order valence-electron chi connectivity index (χ0n) is 12.6. The minimum Gasteiger partial charge on any atom is -0.467 e. The van der Waals surface area contributed by atoms with Crippen LogP contribution in [0.3, 0.4) is 0 Å². The van der Waals surface area contributed by atoms with Crippen molar-refractivity contribution in [3.8, 4) is 0 Å². The summed E-state index contributed by atoms with van der Waals surface area (Å²) in [7, 11) is 1.45. The van der Waals surface area contributed by atoms with E-state index in [0.29, 0.717) is 5.02 Å². The van der Waals surface area contributed by atoms with E-state index in [-0.39, 0.29) is 11.4 Å². The van der Waals surface area contributed by atoms with Crippen LogP contribution < -0.4 is 5.32 Å². The Morgan fingerprint density at radius 2 is 2.00 bits per heavy atom. The first-order chi connectivity index (χ1) is 9.82. The van der Waals surface area contributed by atoms with Crippen LogP contribution in [0.4, 0.5) is 5.69 Å². The van der Waals surface area contributed by atoms with Crippen LogP contribution in [0.25, 0.3) is 0 Å². The Morgan fingerprint density at radius 1 is 1.33 bits per heavy atom. The van der Waals surface area contributed by atoms with Gasteiger partial charge in [-0.2, -0.15) is 0 Å². The number of hydrogen-bond acceptors (Lipinski definition) is 3. The number of hydrogen-bond donors (Lipinski definition) is 1. The largest absolute Gasteiger partial charge is 0.467 e. The Labute approximate surface area is 139 Å². The molecule has 21 heavy (non-hydrogen) atoms. The fourth-order valence-corrected chi connectivity index (χ4v) is 3.66. The average Bonchev–Trinajstić information content (AvgIpc) is 2.44. The molecule has 0 aliphatic heterocycles. The summed E-state index contributed by atoms with van der Waals surface area (Å²) in [6.45, 7) is 4.25. The van der Waals surface area contributed by atoms with Gasteiger partial charge in [0, 0.05) is 10.2 Å². The van der Waals surface area contributed by atoms with Gasteiger partial charge in [-0.1, -0.05) is 38.3 Å². The summed E-state index contributed by atoms with van der Waals surface area (Å²) in [5.74, 6) is -0.196. The number of ether oxygens (including phenoxy) is 1. The molecule has 5 heteroatoms. The minimum absolute atomic E-state index is 0.176. The first-order valence-electron chi connectivity index (χ1n) is 7.14. The molecule has 2 rings (SSSR count). The first kappa shape index (κ1) is 16.6. The van der Waals surface area contributed by atoms with Gasteiger partial charge in [-0.3, -0.25) is 0 Å². The lowest BCUT2D eigenvalue weighted by Gasteiger charge is -2.48. The average molecular weight is 375 g/mol. The molecule has 116 valence electrons. The maximum atomic E-state index is 12.5. The highest BCUT2D eigenvalue weighted by atomic mass is 79.9. The third-order valence-electron chi connectivity index (χ3n) is 4.57. The van der Waals surface area contributed by atoms with Gasteiger partial charge in [-0.15, -0.1) is 0 Å². The smallest absolute Gasteiger partial charge is 0.332 e. The number of anilines is 1. The summed E-state index contributed by atoms with van der Waals surface area (Å²) in [6.07, 6.45) is 3.91. The molecule has 0 aromatic heterocycles. The Bertz CT molecular complexity index is 547. The van der Waals surface area contributed by atoms with Gasteiger partial charge in [-0.25, -0.2) is 4.79 Å². The molecule has 0 radical (unpaired) electrons. The molecule has 1 aromatic rings. The number of benzene rings is 1. The third-order valence-corrected chi connectivity index (χ3v) is 5.78. The van der Waals surface area contributed by atoms with E-state index in [1.54, 1.807) is 0 Å². The molecule has 0 amide bonds. The van der Waals surface area contributed by atoms with Crippen molar-refractivity contribution >= 4 is 39.2 Å². The predicted octanol–water partition coefficient (Wildman–Crippen LogP) is 5.03. The fraction of sp³-hybridized carbons (Fsp3) is 0.562. The van der Waals surface area contributed by atoms with Crippen LogP contribution >= 0.6 is 27.5 Å². The zero-order chi connectivity index (χ0) is 15.7. The van der Waals surface area contributed by atoms with E-state index in [4.69, 9.17) is 16.3 Å². The summed E-state index contributed by atoms with van der Waals surface area (Å²) in [5.41, 5.74) is -0.00999. The molecule has 3 nitrogen and oxygen atoms in total. The normalized spacial score (nSPS) is 24.4. The summed E-state index contributed by atoms with van der Waals surface area (Å²) >= 11 is 9.46. The molecule has 0 heterocycles. The number of esters is 1. The van der Waals surface area contributed by atoms with Crippen LogP contribution in [0.1, 0.15) is 39.5 Å². The Kier molecular flexibility index (Phi) is 4.89. The zero-order valence-corrected chi connectivity index (χ0v) is 15.0. The van der Waals surface area contributed by atoms with Crippen LogP contribution in [0.2, 0.25) is 5.02 Å². The van der Waals surface area contributed by atoms with Gasteiger partial charge in [0.2, 0.25) is 0 Å². The van der Waals surface area contributed by atoms with Crippen LogP contribution in [0, 0.1) is 5.41 Å². The summed E-state index contributed by atoms with van der Waals surface area (Å²) in [4.78, 5) is 12.5. The van der Waals surface area contributed by atoms with Gasteiger partial charge >= 0.3 is 5.97 Å². The molecule has 1 unspecified atom stereocenters. The first-order valence-corrected chi connectivity index (χ1v) is 8.31. The van der Waals surface area contributed by atoms with Crippen LogP contribution in [-0.2, 0) is 9.53 Å². The van der Waals surface area contributed by atoms with Crippen LogP contribution in [0.15, 0.2) is 22.7 Å². The molecular formula is C16H21BrClNO2. The van der Waals surface area contributed by atoms with E-state index < -0.39 is 5.54 Å². The second-order valence-electron chi connectivity index (χ2n) is 6.24. The van der Waals surface area contributed by atoms with Crippen molar-refractivity contribution in [3.63, 3.8) is 0 Å². The topological polar surface area (TPSA) is 38.3 Å². The molecule has 1 saturated carbocycles. The van der Waals surface area contributed by atoms with E-state index in [1.807, 2.05) is 18.2 Å². The van der Waals surface area contributed by atoms with Gasteiger partial charge in [0.1, 0.15) is 5.54 Å². The Balaban J connectivity index is 2.41. The molecule has 1 atom stereocenters. The highest BCUT2D eigenvalue weighted by Crippen LogP contribution is 2.46. The lowest BCUT2D eigenvalue weighted by Crippen LogP contribution is -2.59. The van der Waals surface area contributed by atoms with E-state index in [2.05, 4.69) is 35.1 Å². The SMILES string of the molecule is COC(=O)C1(Nc2ccc(Cl)c(Br)c2)CCCCC1(C)C. The lowest BCUT2D eigenvalue weighted by atomic mass is 9.63. The molecule has 0 bridgehead atoms. The minimum atomic E-state index is -0.701. The quantitative estimate of drug-likeness (QED) is 0.754. The molecule has 1 N–H and O–H groups in total. The molecule has 1 aromatic carbocycles. The van der Waals surface area contributed by atoms with Crippen molar-refractivity contribution < 1.29 is 9.53 Å². The molecule has 1 aliphatic rings. The number of carbonyl (C=O) groups excluding carboxylic acids is 1. The molecule has 1 aliphatic carbocycles. The second kappa shape index (κ2) is 6.17. The van der Waals surface area contributed by atoms with Crippen molar-refractivity contribution in [1.29, 1.82) is 0 Å². The van der Waals surface area contributed by atoms with Gasteiger partial charge in [-0.05, 0) is 52.4 Å². The van der Waals surface area contributed by atoms with Gasteiger partial charge in [0.05, 0.1) is 12.1 Å². The van der Waals surface area contributed by atoms with E-state index in [1.165, 1.54) is 7.11 Å². The van der Waals surface area contributed by atoms with Crippen molar-refractivity contribution in [1.82, 2.24) is 0 Å². The van der Waals surface area contributed by atoms with E-state index in [9.17, 15) is 4.79 Å². The van der Waals surface area contributed by atoms with Gasteiger partial charge < -0.3 is 10.1 Å². The number of nitrogens with one attached hydrogen (secondary N) is 1. The summed E-state index contributed by atoms with van der Waals surface area (Å²) in [5, 5.41) is 4.09. The molecule has 1 fully saturated rings. The lowest BCUT2D eigenvalue weighted by molar-refractivity contribution is -0.152. The second-order valence-corrected chi connectivity index (χ2v) is 7.50. The monoisotopic (exact) mass is 373 g/mol. The Hall–Kier alpha value is -0.740. The molecule has 0 spiro atoms. The molecular weight excluding hydrogens is 354 g/mol. The van der Waals surface area contributed by atoms with Crippen LogP contribution in [0.5, 0.6) is 0 Å². The number of methoxy groups -OCH3 is 1. The van der Waals surface area contributed by atoms with Crippen molar-refractivity contribution in [3.05, 3.63) is 27.7 Å². The Morgan fingerprint density at radius 3 is 2.57 bits per heavy atom. The summed E-state index contributed by atoms with van der Waals surface area (Å²) < 4.78 is 5.92. The maximum Gasteiger partial charge on any atom is 0.332 e. The highest BCUT2D eigenvalue weighted by molar-refractivity contribution is 9.10. The standard InChI is InChI=1S/C16H21BrClNO2/c1-15(2)8-4-5-9-16(15,14(20)21-3)19-11-6-7-13(18)12(17)10-11/h6-7,10,19H,4-5,8-9H2,1-3H3. The van der Waals surface area contributed by atoms with Crippen LogP contribution in [-0.4, -0.2) is 18.6 Å². The third kappa shape index (κ3) is 3.07. The van der Waals surface area contributed by atoms with Gasteiger partial charge in [0.25, 0.3) is 0 Å². The molecule has 0 saturated heterocycles. The number of rotatable bonds is 3. The summed E-state index contributed by atoms with van der Waals surface area (Å²) in [6, 6.07) is 5.61. The maximum absolute atomic E-state index is 12.5. The fourth-order valence-electron chi connectivity index (χ4n) is 3.16.